The molecule has 4 nitrogen and oxygen atoms in total. The number of rotatable bonds is 3. The monoisotopic (exact) mass is 462 g/mol. The Balaban J connectivity index is 1.97. The van der Waals surface area contributed by atoms with Crippen molar-refractivity contribution in [1.29, 1.82) is 0 Å². The smallest absolute Gasteiger partial charge is 0.270 e. The van der Waals surface area contributed by atoms with Crippen molar-refractivity contribution in [2.24, 2.45) is 0 Å². The lowest BCUT2D eigenvalue weighted by Gasteiger charge is -2.29. The summed E-state index contributed by atoms with van der Waals surface area (Å²) in [5, 5.41) is 2.69. The number of hydrogen-bond acceptors (Lipinski definition) is 3. The van der Waals surface area contributed by atoms with Crippen molar-refractivity contribution in [2.75, 3.05) is 4.90 Å². The van der Waals surface area contributed by atoms with Gasteiger partial charge in [-0.3, -0.25) is 19.8 Å². The summed E-state index contributed by atoms with van der Waals surface area (Å²) in [7, 11) is 0. The molecule has 0 aliphatic carbocycles. The Labute approximate surface area is 165 Å². The number of aryl methyl sites for hydroxylation is 1. The van der Waals surface area contributed by atoms with Crippen LogP contribution in [0.25, 0.3) is 6.08 Å². The molecule has 1 fully saturated rings. The second kappa shape index (κ2) is 7.45. The molecular weight excluding hydrogens is 447 g/mol. The maximum Gasteiger partial charge on any atom is 0.270 e. The molecule has 1 aliphatic heterocycles. The topological polar surface area (TPSA) is 49.4 Å². The molecule has 3 rings (SSSR count). The summed E-state index contributed by atoms with van der Waals surface area (Å²) in [5.74, 6) is -0.897. The van der Waals surface area contributed by atoms with Crippen molar-refractivity contribution < 1.29 is 9.59 Å². The van der Waals surface area contributed by atoms with E-state index in [1.54, 1.807) is 6.08 Å². The molecule has 2 aromatic rings. The van der Waals surface area contributed by atoms with E-state index in [1.807, 2.05) is 48.5 Å². The first kappa shape index (κ1) is 17.8. The lowest BCUT2D eigenvalue weighted by molar-refractivity contribution is -0.122. The normalized spacial score (nSPS) is 16.3. The van der Waals surface area contributed by atoms with Gasteiger partial charge in [-0.25, -0.2) is 0 Å². The summed E-state index contributed by atoms with van der Waals surface area (Å²) in [6, 6.07) is 15.1. The molecule has 25 heavy (non-hydrogen) atoms. The Kier molecular flexibility index (Phi) is 5.29. The molecule has 6 heteroatoms. The van der Waals surface area contributed by atoms with Crippen molar-refractivity contribution in [1.82, 2.24) is 5.32 Å². The first-order chi connectivity index (χ1) is 12.0. The van der Waals surface area contributed by atoms with E-state index in [2.05, 4.69) is 34.8 Å². The first-order valence-corrected chi connectivity index (χ1v) is 9.24. The van der Waals surface area contributed by atoms with Gasteiger partial charge in [0.1, 0.15) is 5.57 Å². The standard InChI is InChI=1S/C19H15IN2O2S/c1-2-12-5-9-15(10-6-12)22-18(24)16(17(23)21-19(22)25)11-13-3-7-14(20)8-4-13/h3-11H,2H2,1H3,(H,21,23,25). The van der Waals surface area contributed by atoms with Gasteiger partial charge in [0.2, 0.25) is 0 Å². The molecule has 1 N–H and O–H groups in total. The van der Waals surface area contributed by atoms with E-state index in [0.29, 0.717) is 5.69 Å². The van der Waals surface area contributed by atoms with Crippen LogP contribution in [-0.4, -0.2) is 16.9 Å². The fraction of sp³-hybridized carbons (Fsp3) is 0.105. The number of benzene rings is 2. The zero-order valence-electron chi connectivity index (χ0n) is 13.5. The van der Waals surface area contributed by atoms with Gasteiger partial charge in [-0.05, 0) is 82.7 Å². The fourth-order valence-electron chi connectivity index (χ4n) is 2.50. The van der Waals surface area contributed by atoms with Crippen LogP contribution < -0.4 is 10.2 Å². The average molecular weight is 462 g/mol. The molecule has 0 saturated carbocycles. The molecule has 1 saturated heterocycles. The van der Waals surface area contributed by atoms with E-state index in [4.69, 9.17) is 12.2 Å². The van der Waals surface area contributed by atoms with Gasteiger partial charge in [0, 0.05) is 3.57 Å². The van der Waals surface area contributed by atoms with Crippen LogP contribution in [0.15, 0.2) is 54.1 Å². The van der Waals surface area contributed by atoms with Crippen molar-refractivity contribution >= 4 is 63.5 Å². The van der Waals surface area contributed by atoms with Crippen LogP contribution in [0.4, 0.5) is 5.69 Å². The van der Waals surface area contributed by atoms with Gasteiger partial charge in [-0.2, -0.15) is 0 Å². The molecule has 1 aliphatic rings. The second-order valence-electron chi connectivity index (χ2n) is 5.53. The van der Waals surface area contributed by atoms with Gasteiger partial charge in [0.05, 0.1) is 5.69 Å². The Bertz CT molecular complexity index is 873. The molecule has 1 heterocycles. The lowest BCUT2D eigenvalue weighted by Crippen LogP contribution is -2.54. The fourth-order valence-corrected chi connectivity index (χ4v) is 3.14. The number of hydrogen-bond donors (Lipinski definition) is 1. The zero-order valence-corrected chi connectivity index (χ0v) is 16.4. The minimum absolute atomic E-state index is 0.0642. The third kappa shape index (κ3) is 3.80. The third-order valence-corrected chi connectivity index (χ3v) is 4.89. The zero-order chi connectivity index (χ0) is 18.0. The number of nitrogens with zero attached hydrogens (tertiary/aromatic N) is 1. The summed E-state index contributed by atoms with van der Waals surface area (Å²) in [4.78, 5) is 26.5. The molecule has 126 valence electrons. The number of anilines is 1. The number of carbonyl (C=O) groups is 2. The quantitative estimate of drug-likeness (QED) is 0.328. The van der Waals surface area contributed by atoms with Crippen molar-refractivity contribution in [3.63, 3.8) is 0 Å². The van der Waals surface area contributed by atoms with Crippen molar-refractivity contribution in [3.8, 4) is 0 Å². The number of halogens is 1. The SMILES string of the molecule is CCc1ccc(N2C(=O)C(=Cc3ccc(I)cc3)C(=O)NC2=S)cc1. The van der Waals surface area contributed by atoms with E-state index < -0.39 is 11.8 Å². The Morgan fingerprint density at radius 3 is 2.32 bits per heavy atom. The predicted molar refractivity (Wildman–Crippen MR) is 111 cm³/mol. The first-order valence-electron chi connectivity index (χ1n) is 7.75. The maximum atomic E-state index is 12.9. The summed E-state index contributed by atoms with van der Waals surface area (Å²) in [5.41, 5.74) is 2.65. The van der Waals surface area contributed by atoms with E-state index in [-0.39, 0.29) is 10.7 Å². The molecule has 0 atom stereocenters. The highest BCUT2D eigenvalue weighted by atomic mass is 127. The highest BCUT2D eigenvalue weighted by molar-refractivity contribution is 14.1. The largest absolute Gasteiger partial charge is 0.298 e. The summed E-state index contributed by atoms with van der Waals surface area (Å²) in [6.07, 6.45) is 2.50. The van der Waals surface area contributed by atoms with Gasteiger partial charge in [-0.1, -0.05) is 31.2 Å². The van der Waals surface area contributed by atoms with Crippen LogP contribution in [0.1, 0.15) is 18.1 Å². The molecule has 0 spiro atoms. The van der Waals surface area contributed by atoms with Gasteiger partial charge >= 0.3 is 0 Å². The van der Waals surface area contributed by atoms with Gasteiger partial charge in [0.15, 0.2) is 5.11 Å². The maximum absolute atomic E-state index is 12.9. The number of nitrogens with one attached hydrogen (secondary N) is 1. The molecular formula is C19H15IN2O2S. The highest BCUT2D eigenvalue weighted by Gasteiger charge is 2.34. The minimum Gasteiger partial charge on any atom is -0.298 e. The van der Waals surface area contributed by atoms with E-state index >= 15 is 0 Å². The van der Waals surface area contributed by atoms with Gasteiger partial charge in [-0.15, -0.1) is 0 Å². The van der Waals surface area contributed by atoms with Crippen LogP contribution in [-0.2, 0) is 16.0 Å². The van der Waals surface area contributed by atoms with Crippen LogP contribution in [0, 0.1) is 3.57 Å². The summed E-state index contributed by atoms with van der Waals surface area (Å²) >= 11 is 7.41. The van der Waals surface area contributed by atoms with Gasteiger partial charge in [0.25, 0.3) is 11.8 Å². The highest BCUT2D eigenvalue weighted by Crippen LogP contribution is 2.23. The third-order valence-electron chi connectivity index (χ3n) is 3.89. The summed E-state index contributed by atoms with van der Waals surface area (Å²) in [6.45, 7) is 2.06. The Hall–Kier alpha value is -2.06. The van der Waals surface area contributed by atoms with Crippen molar-refractivity contribution in [3.05, 3.63) is 68.8 Å². The Morgan fingerprint density at radius 1 is 1.08 bits per heavy atom. The van der Waals surface area contributed by atoms with Crippen LogP contribution >= 0.6 is 34.8 Å². The van der Waals surface area contributed by atoms with E-state index in [9.17, 15) is 9.59 Å². The Morgan fingerprint density at radius 2 is 1.72 bits per heavy atom. The lowest BCUT2D eigenvalue weighted by atomic mass is 10.1. The minimum atomic E-state index is -0.477. The molecule has 0 radical (unpaired) electrons. The molecule has 0 bridgehead atoms. The van der Waals surface area contributed by atoms with Crippen LogP contribution in [0.3, 0.4) is 0 Å². The number of thiocarbonyl (C=S) groups is 1. The second-order valence-corrected chi connectivity index (χ2v) is 7.16. The van der Waals surface area contributed by atoms with Crippen LogP contribution in [0.2, 0.25) is 0 Å². The van der Waals surface area contributed by atoms with E-state index in [1.165, 1.54) is 4.90 Å². The number of carbonyl (C=O) groups excluding carboxylic acids is 2. The molecule has 0 unspecified atom stereocenters. The predicted octanol–water partition coefficient (Wildman–Crippen LogP) is 3.68. The molecule has 2 amide bonds. The van der Waals surface area contributed by atoms with E-state index in [0.717, 1.165) is 21.1 Å². The summed E-state index contributed by atoms with van der Waals surface area (Å²) < 4.78 is 1.08. The molecule has 0 aromatic heterocycles. The molecule has 2 aromatic carbocycles. The average Bonchev–Trinajstić information content (AvgIpc) is 2.60. The van der Waals surface area contributed by atoms with Crippen molar-refractivity contribution in [2.45, 2.75) is 13.3 Å². The van der Waals surface area contributed by atoms with Crippen LogP contribution in [0.5, 0.6) is 0 Å². The van der Waals surface area contributed by atoms with Gasteiger partial charge < -0.3 is 0 Å². The number of amides is 2.